The molecule has 1 unspecified atom stereocenters. The molecule has 1 aliphatic heterocycles. The van der Waals surface area contributed by atoms with Gasteiger partial charge in [0.25, 0.3) is 0 Å². The first-order chi connectivity index (χ1) is 28.7. The Kier molecular flexibility index (Phi) is 15.2. The molecule has 0 spiro atoms. The van der Waals surface area contributed by atoms with Crippen LogP contribution in [0.15, 0.2) is 30.3 Å². The van der Waals surface area contributed by atoms with E-state index in [-0.39, 0.29) is 36.2 Å². The van der Waals surface area contributed by atoms with Gasteiger partial charge >= 0.3 is 30.2 Å². The predicted octanol–water partition coefficient (Wildman–Crippen LogP) is 12.8. The van der Waals surface area contributed by atoms with Crippen molar-refractivity contribution in [3.05, 3.63) is 58.1 Å². The molecule has 2 saturated carbocycles. The van der Waals surface area contributed by atoms with Gasteiger partial charge in [-0.25, -0.2) is 4.79 Å². The molecule has 1 saturated heterocycles. The fourth-order valence-corrected chi connectivity index (χ4v) is 12.9. The molecule has 17 heteroatoms. The van der Waals surface area contributed by atoms with Crippen molar-refractivity contribution in [2.45, 2.75) is 141 Å². The van der Waals surface area contributed by atoms with Crippen LogP contribution in [0, 0.1) is 31.1 Å². The molecule has 2 aromatic carbocycles. The Morgan fingerprint density at radius 2 is 1.56 bits per heavy atom. The highest BCUT2D eigenvalue weighted by atomic mass is 33.1. The third-order valence-electron chi connectivity index (χ3n) is 13.3. The van der Waals surface area contributed by atoms with E-state index in [0.717, 1.165) is 91.7 Å². The van der Waals surface area contributed by atoms with E-state index in [2.05, 4.69) is 42.8 Å². The van der Waals surface area contributed by atoms with Gasteiger partial charge in [0.15, 0.2) is 0 Å². The Bertz CT molecular complexity index is 1760. The summed E-state index contributed by atoms with van der Waals surface area (Å²) in [5.74, 6) is 4.35. The molecule has 4 aliphatic rings. The number of amides is 1. The second kappa shape index (κ2) is 19.3. The summed E-state index contributed by atoms with van der Waals surface area (Å²) in [7, 11) is 3.66. The predicted molar refractivity (Wildman–Crippen MR) is 218 cm³/mol. The lowest BCUT2D eigenvalue weighted by Crippen LogP contribution is -2.67. The van der Waals surface area contributed by atoms with Crippen molar-refractivity contribution in [2.75, 3.05) is 37.9 Å². The summed E-state index contributed by atoms with van der Waals surface area (Å²) in [5, 5.41) is 0. The molecule has 6 rings (SSSR count). The zero-order chi connectivity index (χ0) is 44.4. The number of carbonyl (C=O) groups is 1. The number of hydrogen-bond acceptors (Lipinski definition) is 7. The van der Waals surface area contributed by atoms with Gasteiger partial charge in [0, 0.05) is 30.7 Å². The summed E-state index contributed by atoms with van der Waals surface area (Å²) in [6, 6.07) is 10.7. The molecular weight excluding hydrogens is 858 g/mol. The lowest BCUT2D eigenvalue weighted by molar-refractivity contribution is -0.457. The van der Waals surface area contributed by atoms with Crippen LogP contribution in [0.2, 0.25) is 0 Å². The molecule has 2 aromatic rings. The van der Waals surface area contributed by atoms with Gasteiger partial charge < -0.3 is 23.8 Å². The van der Waals surface area contributed by atoms with Crippen LogP contribution < -0.4 is 9.47 Å². The zero-order valence-corrected chi connectivity index (χ0v) is 36.6. The van der Waals surface area contributed by atoms with Crippen LogP contribution in [0.3, 0.4) is 0 Å². The molecule has 61 heavy (non-hydrogen) atoms. The van der Waals surface area contributed by atoms with Crippen molar-refractivity contribution in [1.29, 1.82) is 0 Å². The number of benzene rings is 2. The van der Waals surface area contributed by atoms with Crippen LogP contribution in [0.5, 0.6) is 11.5 Å². The molecule has 0 aromatic heterocycles. The molecule has 0 N–H and O–H groups in total. The summed E-state index contributed by atoms with van der Waals surface area (Å²) < 4.78 is 141. The van der Waals surface area contributed by atoms with E-state index in [1.165, 1.54) is 11.1 Å². The van der Waals surface area contributed by atoms with E-state index < -0.39 is 37.2 Å². The number of carbonyl (C=O) groups excluding carboxylic acids is 1. The zero-order valence-electron chi connectivity index (χ0n) is 35.0. The number of ether oxygens (including phenoxy) is 4. The largest absolute Gasteiger partial charge is 0.494 e. The highest BCUT2D eigenvalue weighted by Crippen LogP contribution is 2.62. The first-order valence-corrected chi connectivity index (χ1v) is 23.7. The van der Waals surface area contributed by atoms with Crippen molar-refractivity contribution in [2.24, 2.45) is 17.3 Å². The minimum Gasteiger partial charge on any atom is -0.494 e. The lowest BCUT2D eigenvalue weighted by atomic mass is 9.55. The van der Waals surface area contributed by atoms with Crippen molar-refractivity contribution < 1.29 is 63.3 Å². The molecule has 3 aliphatic carbocycles. The second-order valence-electron chi connectivity index (χ2n) is 17.3. The third-order valence-corrected chi connectivity index (χ3v) is 15.8. The Balaban J connectivity index is 0.974. The van der Waals surface area contributed by atoms with Crippen molar-refractivity contribution in [3.63, 3.8) is 0 Å². The molecule has 3 fully saturated rings. The lowest BCUT2D eigenvalue weighted by Gasteiger charge is -2.50. The van der Waals surface area contributed by atoms with E-state index in [9.17, 15) is 44.3 Å². The smallest absolute Gasteiger partial charge is 0.435 e. The molecule has 6 nitrogen and oxygen atoms in total. The summed E-state index contributed by atoms with van der Waals surface area (Å²) in [6.45, 7) is 7.59. The topological polar surface area (TPSA) is 57.2 Å². The molecule has 1 amide bonds. The molecule has 0 bridgehead atoms. The Morgan fingerprint density at radius 3 is 2.20 bits per heavy atom. The first-order valence-electron chi connectivity index (χ1n) is 21.3. The van der Waals surface area contributed by atoms with Crippen LogP contribution in [0.25, 0.3) is 0 Å². The minimum absolute atomic E-state index is 0.186. The van der Waals surface area contributed by atoms with Gasteiger partial charge in [-0.1, -0.05) is 53.6 Å². The average molecular weight is 914 g/mol. The monoisotopic (exact) mass is 913 g/mol. The Labute approximate surface area is 360 Å². The number of hydrogen-bond donors (Lipinski definition) is 0. The Hall–Kier alpha value is -2.50. The molecule has 1 heterocycles. The van der Waals surface area contributed by atoms with Crippen LogP contribution in [0.1, 0.15) is 105 Å². The number of alkyl halides is 9. The van der Waals surface area contributed by atoms with Crippen LogP contribution in [0.4, 0.5) is 44.3 Å². The van der Waals surface area contributed by atoms with E-state index in [0.29, 0.717) is 37.2 Å². The van der Waals surface area contributed by atoms with Crippen LogP contribution >= 0.6 is 21.6 Å². The van der Waals surface area contributed by atoms with E-state index in [4.69, 9.17) is 14.2 Å². The highest BCUT2D eigenvalue weighted by molar-refractivity contribution is 8.76. The maximum absolute atomic E-state index is 13.3. The summed E-state index contributed by atoms with van der Waals surface area (Å²) in [5.41, 5.74) is -0.978. The number of aryl methyl sites for hydroxylation is 4. The molecule has 0 radical (unpaired) electrons. The highest BCUT2D eigenvalue weighted by Gasteiger charge is 2.85. The second-order valence-corrected chi connectivity index (χ2v) is 19.9. The van der Waals surface area contributed by atoms with Crippen LogP contribution in [-0.2, 0) is 22.3 Å². The standard InChI is InChI=1S/C44H56F9NO5S2/c1-5-18-54(31-16-22-60-61-26-31)39(55)59-38-27(2)23-29(24-28(38)3)8-6-19-56-32-10-12-33-30(25-32)9-11-35-34(33)15-17-40(4)36(35)13-14-37(40)57-20-7-21-58-41(42(45,46)47,43(48,49)50)44(51,52)53/h10,12,23-25,31,34-37H,5-9,11,13-22,26H2,1-4H3/t31?,34-,35-,36+,37+,40+/m1/s1. The van der Waals surface area contributed by atoms with Gasteiger partial charge in [-0.15, -0.1) is 0 Å². The summed E-state index contributed by atoms with van der Waals surface area (Å²) in [4.78, 5) is 15.2. The third kappa shape index (κ3) is 10.1. The number of fused-ring (bicyclic) bond motifs is 5. The SMILES string of the molecule is CCCN(C(=O)Oc1c(C)cc(CCCOc2ccc3c(c2)CC[C@@H]2[C@@H]3CC[C@]3(C)[C@@H](OCCCOC(C(F)(F)F)(C(F)(F)F)C(F)(F)F)CC[C@@H]23)cc1C)C1CCSSC1. The van der Waals surface area contributed by atoms with Gasteiger partial charge in [0.05, 0.1) is 19.3 Å². The number of nitrogens with zero attached hydrogens (tertiary/aromatic N) is 1. The summed E-state index contributed by atoms with van der Waals surface area (Å²) >= 11 is 0. The quantitative estimate of drug-likeness (QED) is 0.100. The van der Waals surface area contributed by atoms with Crippen molar-refractivity contribution in [3.8, 4) is 11.5 Å². The first kappa shape index (κ1) is 48.0. The van der Waals surface area contributed by atoms with Crippen molar-refractivity contribution in [1.82, 2.24) is 4.90 Å². The van der Waals surface area contributed by atoms with E-state index in [1.54, 1.807) is 0 Å². The van der Waals surface area contributed by atoms with Gasteiger partial charge in [-0.3, -0.25) is 0 Å². The van der Waals surface area contributed by atoms with Gasteiger partial charge in [-0.05, 0) is 148 Å². The molecular formula is C44H56F9NO5S2. The van der Waals surface area contributed by atoms with E-state index >= 15 is 0 Å². The summed E-state index contributed by atoms with van der Waals surface area (Å²) in [6.07, 6.45) is -13.0. The van der Waals surface area contributed by atoms with Gasteiger partial charge in [-0.2, -0.15) is 39.5 Å². The molecule has 6 atom stereocenters. The molecule has 342 valence electrons. The van der Waals surface area contributed by atoms with Crippen LogP contribution in [-0.4, -0.2) is 85.1 Å². The maximum Gasteiger partial charge on any atom is 0.435 e. The number of halogens is 9. The van der Waals surface area contributed by atoms with Gasteiger partial charge in [0.1, 0.15) is 11.5 Å². The Morgan fingerprint density at radius 1 is 0.852 bits per heavy atom. The maximum atomic E-state index is 13.3. The van der Waals surface area contributed by atoms with Crippen molar-refractivity contribution >= 4 is 27.7 Å². The normalized spacial score (nSPS) is 25.7. The minimum atomic E-state index is -6.75. The van der Waals surface area contributed by atoms with E-state index in [1.807, 2.05) is 46.4 Å². The average Bonchev–Trinajstić information content (AvgIpc) is 3.52. The number of rotatable bonds is 15. The fraction of sp³-hybridized carbons (Fsp3) is 0.705. The van der Waals surface area contributed by atoms with Gasteiger partial charge in [0.2, 0.25) is 0 Å². The fourth-order valence-electron chi connectivity index (χ4n) is 10.4.